The number of fused-ring (bicyclic) bond motifs is 1. The Morgan fingerprint density at radius 2 is 1.81 bits per heavy atom. The maximum atomic E-state index is 6.27. The van der Waals surface area contributed by atoms with Crippen LogP contribution in [0.2, 0.25) is 0 Å². The summed E-state index contributed by atoms with van der Waals surface area (Å²) in [5.74, 6) is 2.46. The lowest BCUT2D eigenvalue weighted by atomic mass is 9.93. The van der Waals surface area contributed by atoms with Gasteiger partial charge in [-0.2, -0.15) is 0 Å². The van der Waals surface area contributed by atoms with Crippen LogP contribution >= 0.6 is 0 Å². The van der Waals surface area contributed by atoms with Crippen LogP contribution in [0, 0.1) is 6.92 Å². The highest BCUT2D eigenvalue weighted by Gasteiger charge is 2.23. The molecule has 0 bridgehead atoms. The summed E-state index contributed by atoms with van der Waals surface area (Å²) in [4.78, 5) is 13.0. The average Bonchev–Trinajstić information content (AvgIpc) is 2.76. The van der Waals surface area contributed by atoms with Crippen molar-refractivity contribution in [3.05, 3.63) is 48.5 Å². The number of aryl methyl sites for hydroxylation is 1. The van der Waals surface area contributed by atoms with Crippen molar-refractivity contribution in [1.29, 1.82) is 0 Å². The lowest BCUT2D eigenvalue weighted by Gasteiger charge is -2.30. The van der Waals surface area contributed by atoms with Crippen LogP contribution in [-0.2, 0) is 4.74 Å². The quantitative estimate of drug-likeness (QED) is 0.552. The number of anilines is 2. The molecule has 0 amide bonds. The molecule has 3 N–H and O–H groups in total. The van der Waals surface area contributed by atoms with Crippen molar-refractivity contribution < 1.29 is 9.47 Å². The van der Waals surface area contributed by atoms with Gasteiger partial charge in [-0.15, -0.1) is 0 Å². The van der Waals surface area contributed by atoms with Crippen molar-refractivity contribution in [2.45, 2.75) is 58.6 Å². The maximum Gasteiger partial charge on any atom is 0.147 e. The largest absolute Gasteiger partial charge is 0.488 e. The number of hydrogen-bond acceptors (Lipinski definition) is 7. The van der Waals surface area contributed by atoms with Gasteiger partial charge in [0, 0.05) is 48.8 Å². The third-order valence-electron chi connectivity index (χ3n) is 5.20. The van der Waals surface area contributed by atoms with Gasteiger partial charge >= 0.3 is 0 Å². The van der Waals surface area contributed by atoms with E-state index >= 15 is 0 Å². The number of nitrogens with zero attached hydrogens (tertiary/aromatic N) is 3. The molecule has 1 fully saturated rings. The number of nitrogens with one attached hydrogen (secondary N) is 1. The van der Waals surface area contributed by atoms with Crippen LogP contribution in [-0.4, -0.2) is 40.3 Å². The molecule has 166 valence electrons. The molecule has 0 unspecified atom stereocenters. The Labute approximate surface area is 184 Å². The lowest BCUT2D eigenvalue weighted by Crippen LogP contribution is -2.31. The van der Waals surface area contributed by atoms with E-state index in [2.05, 4.69) is 20.3 Å². The summed E-state index contributed by atoms with van der Waals surface area (Å²) in [6.45, 7) is 7.57. The smallest absolute Gasteiger partial charge is 0.147 e. The van der Waals surface area contributed by atoms with Crippen LogP contribution in [0.4, 0.5) is 11.5 Å². The number of hydrogen-bond donors (Lipinski definition) is 2. The fraction of sp³-hybridized carbons (Fsp3) is 0.458. The van der Waals surface area contributed by atoms with Gasteiger partial charge in [-0.1, -0.05) is 6.07 Å². The first-order valence-corrected chi connectivity index (χ1v) is 11.0. The molecule has 1 aliphatic carbocycles. The first-order valence-electron chi connectivity index (χ1n) is 11.0. The highest BCUT2D eigenvalue weighted by atomic mass is 16.5. The van der Waals surface area contributed by atoms with Crippen molar-refractivity contribution in [3.8, 4) is 5.75 Å². The molecular formula is C24H33N5O2. The second-order valence-corrected chi connectivity index (χ2v) is 7.60. The molecule has 0 saturated heterocycles. The van der Waals surface area contributed by atoms with Crippen molar-refractivity contribution >= 4 is 22.4 Å². The van der Waals surface area contributed by atoms with Crippen LogP contribution in [0.15, 0.2) is 42.7 Å². The molecule has 7 nitrogen and oxygen atoms in total. The van der Waals surface area contributed by atoms with E-state index in [1.165, 1.54) is 0 Å². The van der Waals surface area contributed by atoms with Gasteiger partial charge in [0.25, 0.3) is 0 Å². The Morgan fingerprint density at radius 3 is 2.48 bits per heavy atom. The predicted molar refractivity (Wildman–Crippen MR) is 125 cm³/mol. The van der Waals surface area contributed by atoms with E-state index in [4.69, 9.17) is 15.2 Å². The monoisotopic (exact) mass is 423 g/mol. The number of nitrogen functional groups attached to an aromatic ring is 1. The highest BCUT2D eigenvalue weighted by Crippen LogP contribution is 2.31. The average molecular weight is 424 g/mol. The Hall–Kier alpha value is -2.93. The minimum Gasteiger partial charge on any atom is -0.488 e. The summed E-state index contributed by atoms with van der Waals surface area (Å²) in [5.41, 5.74) is 7.60. The Kier molecular flexibility index (Phi) is 8.41. The number of ether oxygens (including phenoxy) is 2. The Bertz CT molecular complexity index is 956. The van der Waals surface area contributed by atoms with Gasteiger partial charge in [0.2, 0.25) is 0 Å². The van der Waals surface area contributed by atoms with Crippen molar-refractivity contribution in [3.63, 3.8) is 0 Å². The molecular weight excluding hydrogens is 390 g/mol. The third kappa shape index (κ3) is 6.79. The van der Waals surface area contributed by atoms with Crippen molar-refractivity contribution in [2.24, 2.45) is 0 Å². The van der Waals surface area contributed by atoms with E-state index < -0.39 is 0 Å². The Morgan fingerprint density at radius 1 is 1.03 bits per heavy atom. The molecule has 7 heteroatoms. The summed E-state index contributed by atoms with van der Waals surface area (Å²) in [7, 11) is 0. The van der Waals surface area contributed by atoms with E-state index in [9.17, 15) is 0 Å². The maximum absolute atomic E-state index is 6.27. The SMILES string of the molecule is CCOCC.Cc1nccc(NC2CCC(Oc3cc(N)cc4cccnc34)CC2)n1. The fourth-order valence-corrected chi connectivity index (χ4v) is 3.73. The van der Waals surface area contributed by atoms with Gasteiger partial charge in [0.1, 0.15) is 22.9 Å². The summed E-state index contributed by atoms with van der Waals surface area (Å²) in [5, 5.41) is 4.52. The number of rotatable bonds is 6. The van der Waals surface area contributed by atoms with E-state index in [-0.39, 0.29) is 6.10 Å². The predicted octanol–water partition coefficient (Wildman–Crippen LogP) is 4.76. The topological polar surface area (TPSA) is 95.2 Å². The summed E-state index contributed by atoms with van der Waals surface area (Å²) >= 11 is 0. The zero-order chi connectivity index (χ0) is 22.1. The molecule has 2 heterocycles. The second-order valence-electron chi connectivity index (χ2n) is 7.60. The van der Waals surface area contributed by atoms with E-state index in [0.717, 1.165) is 67.2 Å². The number of pyridine rings is 1. The molecule has 0 spiro atoms. The van der Waals surface area contributed by atoms with E-state index in [1.54, 1.807) is 12.4 Å². The number of aromatic nitrogens is 3. The van der Waals surface area contributed by atoms with Gasteiger partial charge in [-0.3, -0.25) is 4.98 Å². The van der Waals surface area contributed by atoms with Gasteiger partial charge in [-0.05, 0) is 64.7 Å². The molecule has 0 radical (unpaired) electrons. The minimum absolute atomic E-state index is 0.187. The summed E-state index contributed by atoms with van der Waals surface area (Å²) in [6, 6.07) is 10.1. The van der Waals surface area contributed by atoms with Crippen LogP contribution in [0.25, 0.3) is 10.9 Å². The molecule has 1 aromatic carbocycles. The number of benzene rings is 1. The Balaban J connectivity index is 0.000000491. The van der Waals surface area contributed by atoms with Gasteiger partial charge in [0.05, 0.1) is 6.10 Å². The highest BCUT2D eigenvalue weighted by molar-refractivity contribution is 5.87. The van der Waals surface area contributed by atoms with Crippen molar-refractivity contribution in [2.75, 3.05) is 24.3 Å². The fourth-order valence-electron chi connectivity index (χ4n) is 3.73. The third-order valence-corrected chi connectivity index (χ3v) is 5.20. The van der Waals surface area contributed by atoms with Gasteiger partial charge in [0.15, 0.2) is 0 Å². The van der Waals surface area contributed by atoms with E-state index in [0.29, 0.717) is 11.7 Å². The number of nitrogens with two attached hydrogens (primary N) is 1. The zero-order valence-electron chi connectivity index (χ0n) is 18.7. The van der Waals surface area contributed by atoms with Crippen LogP contribution in [0.1, 0.15) is 45.4 Å². The summed E-state index contributed by atoms with van der Waals surface area (Å²) < 4.78 is 11.1. The van der Waals surface area contributed by atoms with Gasteiger partial charge < -0.3 is 20.5 Å². The first kappa shape index (κ1) is 22.7. The zero-order valence-corrected chi connectivity index (χ0v) is 18.7. The molecule has 31 heavy (non-hydrogen) atoms. The second kappa shape index (κ2) is 11.5. The molecule has 1 saturated carbocycles. The molecule has 0 atom stereocenters. The standard InChI is InChI=1S/C20H23N5O.C4H10O/c1-13-22-10-8-19(24-13)25-16-4-6-17(7-5-16)26-18-12-15(21)11-14-3-2-9-23-20(14)18;1-3-5-4-2/h2-3,8-12,16-17H,4-7,21H2,1H3,(H,22,24,25);3-4H2,1-2H3. The first-order chi connectivity index (χ1) is 15.1. The van der Waals surface area contributed by atoms with E-state index in [1.807, 2.05) is 51.1 Å². The molecule has 1 aliphatic rings. The van der Waals surface area contributed by atoms with Crippen LogP contribution < -0.4 is 15.8 Å². The van der Waals surface area contributed by atoms with Gasteiger partial charge in [-0.25, -0.2) is 9.97 Å². The molecule has 4 rings (SSSR count). The lowest BCUT2D eigenvalue weighted by molar-refractivity contribution is 0.152. The van der Waals surface area contributed by atoms with Crippen molar-refractivity contribution in [1.82, 2.24) is 15.0 Å². The normalized spacial score (nSPS) is 18.2. The molecule has 2 aromatic heterocycles. The van der Waals surface area contributed by atoms with Crippen LogP contribution in [0.3, 0.4) is 0 Å². The van der Waals surface area contributed by atoms with Crippen LogP contribution in [0.5, 0.6) is 5.75 Å². The molecule has 3 aromatic rings. The molecule has 0 aliphatic heterocycles. The summed E-state index contributed by atoms with van der Waals surface area (Å²) in [6.07, 6.45) is 7.83. The minimum atomic E-state index is 0.187.